The van der Waals surface area contributed by atoms with E-state index in [2.05, 4.69) is 10.1 Å². The van der Waals surface area contributed by atoms with Crippen LogP contribution < -0.4 is 4.74 Å². The van der Waals surface area contributed by atoms with Crippen molar-refractivity contribution < 1.29 is 9.84 Å². The van der Waals surface area contributed by atoms with Crippen molar-refractivity contribution in [3.05, 3.63) is 72.3 Å². The van der Waals surface area contributed by atoms with Gasteiger partial charge in [0.1, 0.15) is 11.9 Å². The third-order valence-corrected chi connectivity index (χ3v) is 3.22. The van der Waals surface area contributed by atoms with Gasteiger partial charge in [-0.1, -0.05) is 18.2 Å². The molecule has 5 heteroatoms. The number of ether oxygens (including phenoxy) is 1. The highest BCUT2D eigenvalue weighted by Gasteiger charge is 2.14. The number of methoxy groups -OCH3 is 1. The first-order chi connectivity index (χ1) is 10.3. The van der Waals surface area contributed by atoms with Crippen molar-refractivity contribution in [2.24, 2.45) is 0 Å². The van der Waals surface area contributed by atoms with Crippen molar-refractivity contribution in [2.45, 2.75) is 6.10 Å². The van der Waals surface area contributed by atoms with Crippen molar-refractivity contribution >= 4 is 0 Å². The number of aromatic nitrogens is 3. The normalized spacial score (nSPS) is 12.1. The molecule has 0 spiro atoms. The zero-order valence-electron chi connectivity index (χ0n) is 11.5. The first-order valence-corrected chi connectivity index (χ1v) is 6.55. The van der Waals surface area contributed by atoms with Gasteiger partial charge in [-0.15, -0.1) is 0 Å². The van der Waals surface area contributed by atoms with Crippen LogP contribution in [-0.4, -0.2) is 27.0 Å². The Hall–Kier alpha value is -2.66. The van der Waals surface area contributed by atoms with E-state index in [0.29, 0.717) is 16.9 Å². The summed E-state index contributed by atoms with van der Waals surface area (Å²) < 4.78 is 6.85. The van der Waals surface area contributed by atoms with E-state index >= 15 is 0 Å². The Kier molecular flexibility index (Phi) is 3.66. The topological polar surface area (TPSA) is 60.2 Å². The fourth-order valence-corrected chi connectivity index (χ4v) is 2.09. The fourth-order valence-electron chi connectivity index (χ4n) is 2.09. The summed E-state index contributed by atoms with van der Waals surface area (Å²) in [7, 11) is 1.57. The molecule has 3 aromatic rings. The molecule has 2 aromatic heterocycles. The lowest BCUT2D eigenvalue weighted by Gasteiger charge is -2.09. The van der Waals surface area contributed by atoms with Gasteiger partial charge in [0, 0.05) is 23.5 Å². The lowest BCUT2D eigenvalue weighted by molar-refractivity contribution is 0.219. The number of hydrogen-bond donors (Lipinski definition) is 1. The zero-order chi connectivity index (χ0) is 14.7. The number of aliphatic hydroxyl groups excluding tert-OH is 1. The predicted molar refractivity (Wildman–Crippen MR) is 78.4 cm³/mol. The minimum absolute atomic E-state index is 0.613. The first-order valence-electron chi connectivity index (χ1n) is 6.55. The molecular weight excluding hydrogens is 266 g/mol. The molecule has 1 atom stereocenters. The minimum Gasteiger partial charge on any atom is -0.495 e. The van der Waals surface area contributed by atoms with Gasteiger partial charge in [0.15, 0.2) is 0 Å². The smallest absolute Gasteiger partial charge is 0.137 e. The number of pyridine rings is 1. The Morgan fingerprint density at radius 1 is 1.10 bits per heavy atom. The molecule has 21 heavy (non-hydrogen) atoms. The van der Waals surface area contributed by atoms with Crippen molar-refractivity contribution in [1.29, 1.82) is 0 Å². The summed E-state index contributed by atoms with van der Waals surface area (Å²) in [6, 6.07) is 11.5. The van der Waals surface area contributed by atoms with Gasteiger partial charge in [-0.25, -0.2) is 4.68 Å². The van der Waals surface area contributed by atoms with Crippen LogP contribution in [0.3, 0.4) is 0 Å². The number of para-hydroxylation sites is 1. The number of aliphatic hydroxyl groups is 1. The van der Waals surface area contributed by atoms with Gasteiger partial charge in [0.05, 0.1) is 25.2 Å². The van der Waals surface area contributed by atoms with Crippen LogP contribution in [0.15, 0.2) is 61.2 Å². The molecule has 0 saturated carbocycles. The Morgan fingerprint density at radius 3 is 2.67 bits per heavy atom. The summed E-state index contributed by atoms with van der Waals surface area (Å²) in [5.41, 5.74) is 2.32. The van der Waals surface area contributed by atoms with Crippen LogP contribution in [0.5, 0.6) is 5.75 Å². The van der Waals surface area contributed by atoms with Crippen molar-refractivity contribution in [2.75, 3.05) is 7.11 Å². The van der Waals surface area contributed by atoms with Crippen LogP contribution in [0, 0.1) is 0 Å². The molecule has 0 amide bonds. The average Bonchev–Trinajstić information content (AvgIpc) is 3.05. The molecule has 1 unspecified atom stereocenters. The monoisotopic (exact) mass is 281 g/mol. The van der Waals surface area contributed by atoms with Crippen molar-refractivity contribution in [1.82, 2.24) is 14.8 Å². The Labute approximate surface area is 122 Å². The van der Waals surface area contributed by atoms with Gasteiger partial charge in [-0.3, -0.25) is 4.98 Å². The van der Waals surface area contributed by atoms with Crippen molar-refractivity contribution in [3.63, 3.8) is 0 Å². The van der Waals surface area contributed by atoms with Gasteiger partial charge in [-0.2, -0.15) is 5.10 Å². The fraction of sp³-hybridized carbons (Fsp3) is 0.125. The number of benzene rings is 1. The van der Waals surface area contributed by atoms with Gasteiger partial charge >= 0.3 is 0 Å². The molecule has 0 saturated heterocycles. The summed E-state index contributed by atoms with van der Waals surface area (Å²) in [4.78, 5) is 4.05. The van der Waals surface area contributed by atoms with E-state index in [9.17, 15) is 5.11 Å². The van der Waals surface area contributed by atoms with Gasteiger partial charge in [-0.05, 0) is 18.2 Å². The summed E-state index contributed by atoms with van der Waals surface area (Å²) in [6.07, 6.45) is 5.89. The number of hydrogen-bond acceptors (Lipinski definition) is 4. The molecule has 0 aliphatic carbocycles. The molecular formula is C16H15N3O2. The van der Waals surface area contributed by atoms with Crippen LogP contribution in [-0.2, 0) is 0 Å². The standard InChI is InChI=1S/C16H15N3O2/c1-21-15-7-12(8-17-10-15)16(20)13-9-18-19(11-13)14-5-3-2-4-6-14/h2-11,16,20H,1H3. The van der Waals surface area contributed by atoms with E-state index in [1.54, 1.807) is 42.6 Å². The van der Waals surface area contributed by atoms with E-state index in [1.165, 1.54) is 0 Å². The second-order valence-electron chi connectivity index (χ2n) is 4.61. The van der Waals surface area contributed by atoms with Crippen LogP contribution in [0.2, 0.25) is 0 Å². The van der Waals surface area contributed by atoms with Crippen molar-refractivity contribution in [3.8, 4) is 11.4 Å². The molecule has 0 bridgehead atoms. The van der Waals surface area contributed by atoms with Gasteiger partial charge < -0.3 is 9.84 Å². The molecule has 0 radical (unpaired) electrons. The van der Waals surface area contributed by atoms with Crippen LogP contribution >= 0.6 is 0 Å². The molecule has 0 fully saturated rings. The van der Waals surface area contributed by atoms with E-state index in [-0.39, 0.29) is 0 Å². The van der Waals surface area contributed by atoms with Gasteiger partial charge in [0.25, 0.3) is 0 Å². The highest BCUT2D eigenvalue weighted by atomic mass is 16.5. The van der Waals surface area contributed by atoms with E-state index < -0.39 is 6.10 Å². The molecule has 0 aliphatic rings. The van der Waals surface area contributed by atoms with Crippen LogP contribution in [0.25, 0.3) is 5.69 Å². The largest absolute Gasteiger partial charge is 0.495 e. The Morgan fingerprint density at radius 2 is 1.90 bits per heavy atom. The SMILES string of the molecule is COc1cncc(C(O)c2cnn(-c3ccccc3)c2)c1. The maximum Gasteiger partial charge on any atom is 0.137 e. The number of nitrogens with zero attached hydrogens (tertiary/aromatic N) is 3. The lowest BCUT2D eigenvalue weighted by Crippen LogP contribution is -2.00. The minimum atomic E-state index is -0.787. The zero-order valence-corrected chi connectivity index (χ0v) is 11.5. The third kappa shape index (κ3) is 2.78. The van der Waals surface area contributed by atoms with E-state index in [4.69, 9.17) is 4.74 Å². The molecule has 1 aromatic carbocycles. The molecule has 1 N–H and O–H groups in total. The molecule has 2 heterocycles. The Balaban J connectivity index is 1.88. The number of rotatable bonds is 4. The van der Waals surface area contributed by atoms with Crippen LogP contribution in [0.1, 0.15) is 17.2 Å². The molecule has 5 nitrogen and oxygen atoms in total. The summed E-state index contributed by atoms with van der Waals surface area (Å²) in [6.45, 7) is 0. The quantitative estimate of drug-likeness (QED) is 0.797. The molecule has 106 valence electrons. The third-order valence-electron chi connectivity index (χ3n) is 3.22. The summed E-state index contributed by atoms with van der Waals surface area (Å²) >= 11 is 0. The highest BCUT2D eigenvalue weighted by molar-refractivity contribution is 5.34. The average molecular weight is 281 g/mol. The highest BCUT2D eigenvalue weighted by Crippen LogP contribution is 2.24. The second-order valence-corrected chi connectivity index (χ2v) is 4.61. The van der Waals surface area contributed by atoms with E-state index in [1.807, 2.05) is 30.3 Å². The predicted octanol–water partition coefficient (Wildman–Crippen LogP) is 2.36. The van der Waals surface area contributed by atoms with Crippen LogP contribution in [0.4, 0.5) is 0 Å². The van der Waals surface area contributed by atoms with E-state index in [0.717, 1.165) is 5.69 Å². The first kappa shape index (κ1) is 13.3. The summed E-state index contributed by atoms with van der Waals surface area (Å²) in [5.74, 6) is 0.613. The maximum atomic E-state index is 10.4. The Bertz CT molecular complexity index is 725. The van der Waals surface area contributed by atoms with Gasteiger partial charge in [0.2, 0.25) is 0 Å². The summed E-state index contributed by atoms with van der Waals surface area (Å²) in [5, 5.41) is 14.7. The maximum absolute atomic E-state index is 10.4. The second kappa shape index (κ2) is 5.76. The lowest BCUT2D eigenvalue weighted by atomic mass is 10.1. The molecule has 0 aliphatic heterocycles. The molecule has 3 rings (SSSR count).